The van der Waals surface area contributed by atoms with Crippen LogP contribution in [0, 0.1) is 0 Å². The van der Waals surface area contributed by atoms with Gasteiger partial charge in [0, 0.05) is 10.4 Å². The molecular formula is C11H6ClF3. The zero-order chi connectivity index (χ0) is 11.1. The van der Waals surface area contributed by atoms with E-state index < -0.39 is 11.7 Å². The molecule has 15 heavy (non-hydrogen) atoms. The molecule has 0 aliphatic rings. The van der Waals surface area contributed by atoms with Crippen LogP contribution in [0.25, 0.3) is 10.8 Å². The number of rotatable bonds is 0. The molecular weight excluding hydrogens is 225 g/mol. The maximum absolute atomic E-state index is 12.6. The molecule has 0 saturated carbocycles. The van der Waals surface area contributed by atoms with E-state index in [-0.39, 0.29) is 5.39 Å². The normalized spacial score (nSPS) is 12.0. The van der Waals surface area contributed by atoms with Crippen LogP contribution in [-0.2, 0) is 6.18 Å². The smallest absolute Gasteiger partial charge is 0.166 e. The molecule has 0 aliphatic carbocycles. The molecule has 0 N–H and O–H groups in total. The highest BCUT2D eigenvalue weighted by molar-refractivity contribution is 6.35. The third kappa shape index (κ3) is 1.79. The summed E-state index contributed by atoms with van der Waals surface area (Å²) in [5.74, 6) is 0. The Morgan fingerprint density at radius 2 is 1.47 bits per heavy atom. The van der Waals surface area contributed by atoms with E-state index in [1.54, 1.807) is 12.1 Å². The quantitative estimate of drug-likeness (QED) is 0.625. The first kappa shape index (κ1) is 10.3. The minimum atomic E-state index is -4.34. The first-order valence-electron chi connectivity index (χ1n) is 4.24. The first-order chi connectivity index (χ1) is 7.00. The molecule has 0 heterocycles. The fourth-order valence-electron chi connectivity index (χ4n) is 1.52. The van der Waals surface area contributed by atoms with Gasteiger partial charge >= 0.3 is 6.18 Å². The van der Waals surface area contributed by atoms with Crippen LogP contribution in [0.5, 0.6) is 0 Å². The highest BCUT2D eigenvalue weighted by atomic mass is 35.5. The average Bonchev–Trinajstić information content (AvgIpc) is 2.16. The van der Waals surface area contributed by atoms with Crippen LogP contribution in [0.2, 0.25) is 5.02 Å². The summed E-state index contributed by atoms with van der Waals surface area (Å²) < 4.78 is 37.8. The summed E-state index contributed by atoms with van der Waals surface area (Å²) in [4.78, 5) is 0. The van der Waals surface area contributed by atoms with Gasteiger partial charge in [-0.25, -0.2) is 0 Å². The molecule has 2 aromatic carbocycles. The van der Waals surface area contributed by atoms with Crippen LogP contribution in [0.4, 0.5) is 13.2 Å². The molecule has 0 nitrogen and oxygen atoms in total. The lowest BCUT2D eigenvalue weighted by molar-refractivity contribution is -0.136. The van der Waals surface area contributed by atoms with E-state index in [9.17, 15) is 13.2 Å². The van der Waals surface area contributed by atoms with Crippen molar-refractivity contribution >= 4 is 22.4 Å². The number of halogens is 4. The summed E-state index contributed by atoms with van der Waals surface area (Å²) in [6.45, 7) is 0. The molecule has 0 spiro atoms. The van der Waals surface area contributed by atoms with E-state index in [2.05, 4.69) is 0 Å². The summed E-state index contributed by atoms with van der Waals surface area (Å²) in [5.41, 5.74) is -0.650. The second-order valence-electron chi connectivity index (χ2n) is 3.14. The van der Waals surface area contributed by atoms with Gasteiger partial charge in [-0.05, 0) is 17.5 Å². The molecule has 0 unspecified atom stereocenters. The van der Waals surface area contributed by atoms with Crippen molar-refractivity contribution in [1.82, 2.24) is 0 Å². The molecule has 0 aliphatic heterocycles. The zero-order valence-corrected chi connectivity index (χ0v) is 8.23. The van der Waals surface area contributed by atoms with Crippen molar-refractivity contribution in [3.63, 3.8) is 0 Å². The van der Waals surface area contributed by atoms with Crippen molar-refractivity contribution < 1.29 is 13.2 Å². The monoisotopic (exact) mass is 230 g/mol. The molecule has 2 aromatic rings. The van der Waals surface area contributed by atoms with Gasteiger partial charge in [0.05, 0.1) is 5.56 Å². The lowest BCUT2D eigenvalue weighted by atomic mass is 10.0. The largest absolute Gasteiger partial charge is 0.417 e. The summed E-state index contributed by atoms with van der Waals surface area (Å²) >= 11 is 5.81. The van der Waals surface area contributed by atoms with E-state index in [0.29, 0.717) is 10.4 Å². The van der Waals surface area contributed by atoms with Crippen molar-refractivity contribution in [2.24, 2.45) is 0 Å². The van der Waals surface area contributed by atoms with E-state index in [1.807, 2.05) is 0 Å². The number of benzene rings is 2. The molecule has 0 atom stereocenters. The van der Waals surface area contributed by atoms with E-state index in [4.69, 9.17) is 11.6 Å². The minimum absolute atomic E-state index is 0.137. The third-order valence-corrected chi connectivity index (χ3v) is 2.50. The van der Waals surface area contributed by atoms with Gasteiger partial charge in [-0.2, -0.15) is 13.2 Å². The summed E-state index contributed by atoms with van der Waals surface area (Å²) in [7, 11) is 0. The predicted molar refractivity (Wildman–Crippen MR) is 54.0 cm³/mol. The first-order valence-corrected chi connectivity index (χ1v) is 4.62. The number of hydrogen-bond acceptors (Lipinski definition) is 0. The van der Waals surface area contributed by atoms with Gasteiger partial charge in [0.25, 0.3) is 0 Å². The van der Waals surface area contributed by atoms with Crippen LogP contribution in [0.15, 0.2) is 36.4 Å². The molecule has 0 amide bonds. The number of hydrogen-bond donors (Lipinski definition) is 0. The fourth-order valence-corrected chi connectivity index (χ4v) is 1.76. The average molecular weight is 231 g/mol. The molecule has 0 aromatic heterocycles. The van der Waals surface area contributed by atoms with Gasteiger partial charge in [-0.3, -0.25) is 0 Å². The Kier molecular flexibility index (Phi) is 2.35. The number of alkyl halides is 3. The Hall–Kier alpha value is -1.22. The van der Waals surface area contributed by atoms with Gasteiger partial charge in [0.2, 0.25) is 0 Å². The molecule has 0 bridgehead atoms. The van der Waals surface area contributed by atoms with Gasteiger partial charge in [0.1, 0.15) is 0 Å². The van der Waals surface area contributed by atoms with Crippen LogP contribution in [0.1, 0.15) is 5.56 Å². The lowest BCUT2D eigenvalue weighted by Gasteiger charge is -2.10. The van der Waals surface area contributed by atoms with Crippen LogP contribution in [-0.4, -0.2) is 0 Å². The van der Waals surface area contributed by atoms with E-state index >= 15 is 0 Å². The highest BCUT2D eigenvalue weighted by Gasteiger charge is 2.32. The number of fused-ring (bicyclic) bond motifs is 1. The van der Waals surface area contributed by atoms with Gasteiger partial charge < -0.3 is 0 Å². The topological polar surface area (TPSA) is 0 Å². The van der Waals surface area contributed by atoms with Crippen LogP contribution < -0.4 is 0 Å². The Balaban J connectivity index is 2.83. The Morgan fingerprint density at radius 3 is 2.13 bits per heavy atom. The molecule has 78 valence electrons. The Bertz CT molecular complexity index is 503. The Morgan fingerprint density at radius 1 is 0.867 bits per heavy atom. The molecule has 4 heteroatoms. The second-order valence-corrected chi connectivity index (χ2v) is 3.55. The highest BCUT2D eigenvalue weighted by Crippen LogP contribution is 2.36. The van der Waals surface area contributed by atoms with Gasteiger partial charge in [-0.15, -0.1) is 0 Å². The summed E-state index contributed by atoms with van der Waals surface area (Å²) in [6.07, 6.45) is -4.34. The third-order valence-electron chi connectivity index (χ3n) is 2.17. The van der Waals surface area contributed by atoms with Crippen molar-refractivity contribution in [2.45, 2.75) is 6.18 Å². The predicted octanol–water partition coefficient (Wildman–Crippen LogP) is 4.51. The standard InChI is InChI=1S/C11H6ClF3/c12-10-6-2-3-7-8(10)4-1-5-9(7)11(13,14)15/h1-6H. The zero-order valence-electron chi connectivity index (χ0n) is 7.48. The molecule has 2 rings (SSSR count). The molecule has 0 saturated heterocycles. The van der Waals surface area contributed by atoms with Crippen molar-refractivity contribution in [3.8, 4) is 0 Å². The minimum Gasteiger partial charge on any atom is -0.166 e. The van der Waals surface area contributed by atoms with Crippen molar-refractivity contribution in [1.29, 1.82) is 0 Å². The van der Waals surface area contributed by atoms with E-state index in [0.717, 1.165) is 6.07 Å². The lowest BCUT2D eigenvalue weighted by Crippen LogP contribution is -2.05. The fraction of sp³-hybridized carbons (Fsp3) is 0.0909. The molecule has 0 radical (unpaired) electrons. The van der Waals surface area contributed by atoms with E-state index in [1.165, 1.54) is 18.2 Å². The summed E-state index contributed by atoms with van der Waals surface area (Å²) in [5, 5.41) is 0.894. The van der Waals surface area contributed by atoms with Gasteiger partial charge in [-0.1, -0.05) is 35.9 Å². The summed E-state index contributed by atoms with van der Waals surface area (Å²) in [6, 6.07) is 8.50. The Labute approximate surface area is 89.3 Å². The second kappa shape index (κ2) is 3.42. The maximum Gasteiger partial charge on any atom is 0.417 e. The van der Waals surface area contributed by atoms with Crippen LogP contribution >= 0.6 is 11.6 Å². The van der Waals surface area contributed by atoms with Crippen molar-refractivity contribution in [3.05, 3.63) is 47.0 Å². The van der Waals surface area contributed by atoms with Gasteiger partial charge in [0.15, 0.2) is 0 Å². The maximum atomic E-state index is 12.6. The van der Waals surface area contributed by atoms with Crippen LogP contribution in [0.3, 0.4) is 0 Å². The SMILES string of the molecule is FC(F)(F)c1cccc2c(Cl)cccc12. The van der Waals surface area contributed by atoms with Crippen molar-refractivity contribution in [2.75, 3.05) is 0 Å². The molecule has 0 fully saturated rings.